The fraction of sp³-hybridized carbons (Fsp3) is 0. The van der Waals surface area contributed by atoms with Crippen LogP contribution in [-0.4, -0.2) is 0 Å². The monoisotopic (exact) mass is 332 g/mol. The van der Waals surface area contributed by atoms with Gasteiger partial charge in [0.25, 0.3) is 0 Å². The number of thiol groups is 1. The third-order valence-electron chi connectivity index (χ3n) is 2.18. The van der Waals surface area contributed by atoms with E-state index >= 15 is 0 Å². The van der Waals surface area contributed by atoms with Gasteiger partial charge in [-0.15, -0.1) is 12.6 Å². The fourth-order valence-corrected chi connectivity index (χ4v) is 2.56. The molecule has 2 rings (SSSR count). The topological polar surface area (TPSA) is 0 Å². The van der Waals surface area contributed by atoms with E-state index in [4.69, 9.17) is 23.2 Å². The van der Waals surface area contributed by atoms with Crippen LogP contribution in [0.3, 0.4) is 0 Å². The molecule has 0 aliphatic carbocycles. The maximum absolute atomic E-state index is 6.15. The molecule has 2 aromatic rings. The molecule has 0 fully saturated rings. The number of halogens is 3. The molecule has 0 saturated heterocycles. The highest BCUT2D eigenvalue weighted by atomic mass is 79.9. The van der Waals surface area contributed by atoms with E-state index in [9.17, 15) is 0 Å². The molecule has 0 radical (unpaired) electrons. The zero-order valence-corrected chi connectivity index (χ0v) is 12.0. The lowest BCUT2D eigenvalue weighted by Gasteiger charge is -2.08. The largest absolute Gasteiger partial charge is 0.143 e. The van der Waals surface area contributed by atoms with Crippen LogP contribution in [0.25, 0.3) is 11.1 Å². The van der Waals surface area contributed by atoms with Crippen molar-refractivity contribution in [2.45, 2.75) is 4.90 Å². The van der Waals surface area contributed by atoms with Gasteiger partial charge in [0.05, 0.1) is 0 Å². The fourth-order valence-electron chi connectivity index (χ4n) is 1.43. The van der Waals surface area contributed by atoms with Crippen molar-refractivity contribution < 1.29 is 0 Å². The molecule has 16 heavy (non-hydrogen) atoms. The first-order valence-electron chi connectivity index (χ1n) is 4.52. The minimum absolute atomic E-state index is 0.626. The van der Waals surface area contributed by atoms with Crippen LogP contribution >= 0.6 is 51.8 Å². The quantitative estimate of drug-likeness (QED) is 0.635. The summed E-state index contributed by atoms with van der Waals surface area (Å²) in [6.45, 7) is 0. The number of hydrogen-bond acceptors (Lipinski definition) is 1. The second-order valence-corrected chi connectivity index (χ2v) is 5.53. The van der Waals surface area contributed by atoms with Crippen LogP contribution < -0.4 is 0 Å². The Morgan fingerprint density at radius 3 is 2.38 bits per heavy atom. The average molecular weight is 334 g/mol. The van der Waals surface area contributed by atoms with Gasteiger partial charge in [-0.3, -0.25) is 0 Å². The summed E-state index contributed by atoms with van der Waals surface area (Å²) in [5, 5.41) is 1.25. The minimum Gasteiger partial charge on any atom is -0.143 e. The Balaban J connectivity index is 2.62. The Morgan fingerprint density at radius 1 is 0.938 bits per heavy atom. The van der Waals surface area contributed by atoms with Gasteiger partial charge in [-0.05, 0) is 35.9 Å². The predicted octanol–water partition coefficient (Wildman–Crippen LogP) is 5.71. The van der Waals surface area contributed by atoms with E-state index in [1.54, 1.807) is 6.07 Å². The summed E-state index contributed by atoms with van der Waals surface area (Å²) in [5.74, 6) is 0. The highest BCUT2D eigenvalue weighted by molar-refractivity contribution is 9.10. The Hall–Kier alpha value is -0.150. The molecule has 2 aromatic carbocycles. The third-order valence-corrected chi connectivity index (χ3v) is 3.61. The lowest BCUT2D eigenvalue weighted by Crippen LogP contribution is -1.82. The zero-order chi connectivity index (χ0) is 11.7. The third kappa shape index (κ3) is 2.57. The van der Waals surface area contributed by atoms with Gasteiger partial charge in [0, 0.05) is 25.0 Å². The molecular weight excluding hydrogens is 327 g/mol. The second-order valence-electron chi connectivity index (χ2n) is 3.29. The summed E-state index contributed by atoms with van der Waals surface area (Å²) in [6, 6.07) is 11.3. The van der Waals surface area contributed by atoms with Crippen molar-refractivity contribution >= 4 is 51.8 Å². The maximum Gasteiger partial charge on any atom is 0.0499 e. The summed E-state index contributed by atoms with van der Waals surface area (Å²) in [7, 11) is 0. The van der Waals surface area contributed by atoms with Gasteiger partial charge >= 0.3 is 0 Å². The van der Waals surface area contributed by atoms with Gasteiger partial charge in [0.1, 0.15) is 0 Å². The molecule has 0 aromatic heterocycles. The van der Waals surface area contributed by atoms with Crippen LogP contribution in [0.2, 0.25) is 10.0 Å². The van der Waals surface area contributed by atoms with E-state index in [2.05, 4.69) is 28.6 Å². The van der Waals surface area contributed by atoms with E-state index in [0.29, 0.717) is 10.0 Å². The van der Waals surface area contributed by atoms with E-state index in [1.807, 2.05) is 30.3 Å². The molecule has 0 atom stereocenters. The molecule has 82 valence electrons. The second kappa shape index (κ2) is 5.01. The number of hydrogen-bond donors (Lipinski definition) is 1. The number of benzene rings is 2. The molecule has 4 heteroatoms. The van der Waals surface area contributed by atoms with Crippen molar-refractivity contribution in [1.82, 2.24) is 0 Å². The van der Waals surface area contributed by atoms with E-state index in [1.165, 1.54) is 0 Å². The van der Waals surface area contributed by atoms with Gasteiger partial charge in [0.2, 0.25) is 0 Å². The Bertz CT molecular complexity index is 541. The molecule has 0 unspecified atom stereocenters. The molecule has 0 amide bonds. The highest BCUT2D eigenvalue weighted by Crippen LogP contribution is 2.35. The predicted molar refractivity (Wildman–Crippen MR) is 76.9 cm³/mol. The molecule has 0 aliphatic heterocycles. The normalized spacial score (nSPS) is 10.5. The van der Waals surface area contributed by atoms with Gasteiger partial charge in [-0.2, -0.15) is 0 Å². The van der Waals surface area contributed by atoms with E-state index < -0.39 is 0 Å². The molecule has 0 saturated carbocycles. The van der Waals surface area contributed by atoms with Crippen LogP contribution in [0.4, 0.5) is 0 Å². The molecule has 0 bridgehead atoms. The van der Waals surface area contributed by atoms with Crippen molar-refractivity contribution in [3.05, 3.63) is 50.9 Å². The van der Waals surface area contributed by atoms with Gasteiger partial charge < -0.3 is 0 Å². The lowest BCUT2D eigenvalue weighted by atomic mass is 10.1. The van der Waals surface area contributed by atoms with Crippen LogP contribution in [0, 0.1) is 0 Å². The Kier molecular flexibility index (Phi) is 3.85. The zero-order valence-electron chi connectivity index (χ0n) is 8.05. The van der Waals surface area contributed by atoms with Crippen molar-refractivity contribution in [2.75, 3.05) is 0 Å². The van der Waals surface area contributed by atoms with Gasteiger partial charge in [-0.25, -0.2) is 0 Å². The van der Waals surface area contributed by atoms with Crippen LogP contribution in [0.5, 0.6) is 0 Å². The van der Waals surface area contributed by atoms with Crippen molar-refractivity contribution in [3.63, 3.8) is 0 Å². The van der Waals surface area contributed by atoms with Crippen LogP contribution in [-0.2, 0) is 0 Å². The smallest absolute Gasteiger partial charge is 0.0499 e. The summed E-state index contributed by atoms with van der Waals surface area (Å²) in [4.78, 5) is 0.882. The molecular formula is C12H7BrCl2S. The van der Waals surface area contributed by atoms with Gasteiger partial charge in [0.15, 0.2) is 0 Å². The SMILES string of the molecule is Sc1ccc(Br)cc1-c1ccc(Cl)cc1Cl. The summed E-state index contributed by atoms with van der Waals surface area (Å²) < 4.78 is 0.992. The molecule has 0 heterocycles. The lowest BCUT2D eigenvalue weighted by molar-refractivity contribution is 1.44. The average Bonchev–Trinajstić information content (AvgIpc) is 2.22. The first-order chi connectivity index (χ1) is 7.58. The summed E-state index contributed by atoms with van der Waals surface area (Å²) in [5.41, 5.74) is 1.91. The van der Waals surface area contributed by atoms with E-state index in [0.717, 1.165) is 20.5 Å². The highest BCUT2D eigenvalue weighted by Gasteiger charge is 2.07. The van der Waals surface area contributed by atoms with Crippen LogP contribution in [0.15, 0.2) is 45.8 Å². The molecule has 0 aliphatic rings. The Morgan fingerprint density at radius 2 is 1.69 bits per heavy atom. The van der Waals surface area contributed by atoms with Crippen molar-refractivity contribution in [2.24, 2.45) is 0 Å². The summed E-state index contributed by atoms with van der Waals surface area (Å²) >= 11 is 19.9. The van der Waals surface area contributed by atoms with Crippen molar-refractivity contribution in [1.29, 1.82) is 0 Å². The first-order valence-corrected chi connectivity index (χ1v) is 6.51. The maximum atomic E-state index is 6.15. The van der Waals surface area contributed by atoms with Crippen molar-refractivity contribution in [3.8, 4) is 11.1 Å². The van der Waals surface area contributed by atoms with Crippen LogP contribution in [0.1, 0.15) is 0 Å². The molecule has 0 N–H and O–H groups in total. The summed E-state index contributed by atoms with van der Waals surface area (Å²) in [6.07, 6.45) is 0. The van der Waals surface area contributed by atoms with Gasteiger partial charge in [-0.1, -0.05) is 45.2 Å². The number of rotatable bonds is 1. The molecule has 0 spiro atoms. The minimum atomic E-state index is 0.626. The standard InChI is InChI=1S/C12H7BrCl2S/c13-7-1-4-12(16)10(5-7)9-3-2-8(14)6-11(9)15/h1-6,16H. The Labute approximate surface area is 118 Å². The first kappa shape index (κ1) is 12.3. The molecule has 0 nitrogen and oxygen atoms in total. The van der Waals surface area contributed by atoms with E-state index in [-0.39, 0.29) is 0 Å².